The van der Waals surface area contributed by atoms with E-state index in [0.717, 1.165) is 47.5 Å². The molecule has 0 saturated carbocycles. The summed E-state index contributed by atoms with van der Waals surface area (Å²) in [6.07, 6.45) is 1.09. The zero-order valence-electron chi connectivity index (χ0n) is 16.2. The molecular formula is C21H23N3O3S2. The molecule has 3 heterocycles. The zero-order chi connectivity index (χ0) is 20.4. The molecule has 4 rings (SSSR count). The Morgan fingerprint density at radius 3 is 2.76 bits per heavy atom. The third-order valence-electron chi connectivity index (χ3n) is 5.44. The van der Waals surface area contributed by atoms with Crippen LogP contribution in [0, 0.1) is 5.92 Å². The first kappa shape index (κ1) is 20.0. The van der Waals surface area contributed by atoms with Gasteiger partial charge in [-0.1, -0.05) is 30.0 Å². The van der Waals surface area contributed by atoms with E-state index >= 15 is 0 Å². The van der Waals surface area contributed by atoms with Crippen LogP contribution < -0.4 is 15.6 Å². The van der Waals surface area contributed by atoms with Gasteiger partial charge in [0.2, 0.25) is 5.91 Å². The molecule has 0 aliphatic carbocycles. The van der Waals surface area contributed by atoms with Gasteiger partial charge in [0.05, 0.1) is 12.9 Å². The number of rotatable bonds is 4. The lowest BCUT2D eigenvalue weighted by Gasteiger charge is -2.43. The Labute approximate surface area is 179 Å². The number of thioether (sulfide) groups is 1. The fraction of sp³-hybridized carbons (Fsp3) is 0.381. The van der Waals surface area contributed by atoms with Gasteiger partial charge < -0.3 is 19.5 Å². The first-order valence-electron chi connectivity index (χ1n) is 9.59. The Morgan fingerprint density at radius 2 is 2.00 bits per heavy atom. The molecule has 0 radical (unpaired) electrons. The summed E-state index contributed by atoms with van der Waals surface area (Å²) in [5.41, 5.74) is 1.91. The Balaban J connectivity index is 1.32. The number of fused-ring (bicyclic) bond motifs is 4. The monoisotopic (exact) mass is 429 g/mol. The van der Waals surface area contributed by atoms with Crippen molar-refractivity contribution < 1.29 is 9.53 Å². The number of carbonyl (C=O) groups excluding carboxylic acids is 1. The van der Waals surface area contributed by atoms with E-state index in [0.29, 0.717) is 11.8 Å². The van der Waals surface area contributed by atoms with Gasteiger partial charge >= 0.3 is 0 Å². The van der Waals surface area contributed by atoms with Crippen LogP contribution in [0.15, 0.2) is 47.3 Å². The largest absolute Gasteiger partial charge is 0.497 e. The Kier molecular flexibility index (Phi) is 5.91. The number of likely N-dealkylation sites (tertiary alicyclic amines) is 1. The number of hydrogen-bond acceptors (Lipinski definition) is 5. The molecule has 1 amide bonds. The molecule has 29 heavy (non-hydrogen) atoms. The molecule has 1 aromatic carbocycles. The standard InChI is InChI=1S/C21H23N3O3S2/c1-27-17-7-5-16(6-8-17)22-19(25)13-29-21(28)23-10-14-9-15(12-23)18-3-2-4-20(26)24(18)11-14/h2-8,14-15H,9-13H2,1H3,(H,22,25). The minimum atomic E-state index is -0.0865. The normalized spacial score (nSPS) is 20.0. The van der Waals surface area contributed by atoms with Crippen LogP contribution in [0.4, 0.5) is 5.69 Å². The highest BCUT2D eigenvalue weighted by Crippen LogP contribution is 2.36. The minimum Gasteiger partial charge on any atom is -0.497 e. The van der Waals surface area contributed by atoms with E-state index in [2.05, 4.69) is 10.2 Å². The number of nitrogens with zero attached hydrogens (tertiary/aromatic N) is 2. The molecule has 8 heteroatoms. The fourth-order valence-electron chi connectivity index (χ4n) is 4.14. The summed E-state index contributed by atoms with van der Waals surface area (Å²) < 4.78 is 7.78. The van der Waals surface area contributed by atoms with Gasteiger partial charge in [-0.25, -0.2) is 0 Å². The van der Waals surface area contributed by atoms with Crippen molar-refractivity contribution >= 4 is 39.9 Å². The highest BCUT2D eigenvalue weighted by molar-refractivity contribution is 8.23. The molecule has 6 nitrogen and oxygen atoms in total. The van der Waals surface area contributed by atoms with Crippen molar-refractivity contribution in [1.82, 2.24) is 9.47 Å². The third-order valence-corrected chi connectivity index (χ3v) is 6.96. The fourth-order valence-corrected chi connectivity index (χ4v) is 5.12. The van der Waals surface area contributed by atoms with Crippen molar-refractivity contribution in [3.8, 4) is 5.75 Å². The summed E-state index contributed by atoms with van der Waals surface area (Å²) in [4.78, 5) is 26.6. The van der Waals surface area contributed by atoms with Gasteiger partial charge in [-0.15, -0.1) is 0 Å². The van der Waals surface area contributed by atoms with Crippen LogP contribution in [0.1, 0.15) is 18.0 Å². The molecule has 2 aliphatic heterocycles. The molecular weight excluding hydrogens is 406 g/mol. The second kappa shape index (κ2) is 8.59. The summed E-state index contributed by atoms with van der Waals surface area (Å²) in [5.74, 6) is 1.65. The van der Waals surface area contributed by atoms with Gasteiger partial charge in [0.25, 0.3) is 5.56 Å². The van der Waals surface area contributed by atoms with Crippen LogP contribution in [0.5, 0.6) is 5.75 Å². The van der Waals surface area contributed by atoms with E-state index in [-0.39, 0.29) is 17.2 Å². The van der Waals surface area contributed by atoms with Crippen LogP contribution in [-0.4, -0.2) is 45.6 Å². The molecule has 1 saturated heterocycles. The van der Waals surface area contributed by atoms with Gasteiger partial charge in [0.1, 0.15) is 10.1 Å². The maximum atomic E-state index is 12.3. The number of aromatic nitrogens is 1. The Bertz CT molecular complexity index is 974. The van der Waals surface area contributed by atoms with Crippen LogP contribution in [-0.2, 0) is 11.3 Å². The van der Waals surface area contributed by atoms with Crippen LogP contribution in [0.2, 0.25) is 0 Å². The number of methoxy groups -OCH3 is 1. The molecule has 152 valence electrons. The van der Waals surface area contributed by atoms with E-state index < -0.39 is 0 Å². The topological polar surface area (TPSA) is 63.6 Å². The highest BCUT2D eigenvalue weighted by atomic mass is 32.2. The molecule has 2 bridgehead atoms. The summed E-state index contributed by atoms with van der Waals surface area (Å²) in [6, 6.07) is 12.8. The molecule has 0 spiro atoms. The van der Waals surface area contributed by atoms with Crippen molar-refractivity contribution in [3.63, 3.8) is 0 Å². The minimum absolute atomic E-state index is 0.0813. The first-order valence-corrected chi connectivity index (χ1v) is 11.0. The molecule has 2 unspecified atom stereocenters. The number of carbonyl (C=O) groups is 1. The van der Waals surface area contributed by atoms with E-state index in [1.165, 1.54) is 11.8 Å². The average molecular weight is 430 g/mol. The number of nitrogens with one attached hydrogen (secondary N) is 1. The second-order valence-electron chi connectivity index (χ2n) is 7.43. The van der Waals surface area contributed by atoms with Crippen molar-refractivity contribution in [2.75, 3.05) is 31.3 Å². The molecule has 2 atom stereocenters. The number of pyridine rings is 1. The van der Waals surface area contributed by atoms with Crippen molar-refractivity contribution in [3.05, 3.63) is 58.5 Å². The zero-order valence-corrected chi connectivity index (χ0v) is 17.8. The number of hydrogen-bond donors (Lipinski definition) is 1. The summed E-state index contributed by atoms with van der Waals surface area (Å²) >= 11 is 7.01. The van der Waals surface area contributed by atoms with Gasteiger partial charge in [-0.3, -0.25) is 9.59 Å². The molecule has 1 N–H and O–H groups in total. The lowest BCUT2D eigenvalue weighted by molar-refractivity contribution is -0.113. The van der Waals surface area contributed by atoms with Crippen LogP contribution in [0.3, 0.4) is 0 Å². The van der Waals surface area contributed by atoms with E-state index in [1.54, 1.807) is 13.2 Å². The molecule has 2 aromatic rings. The number of thiocarbonyl (C=S) groups is 1. The average Bonchev–Trinajstić information content (AvgIpc) is 2.73. The quantitative estimate of drug-likeness (QED) is 0.754. The van der Waals surface area contributed by atoms with Crippen LogP contribution in [0.25, 0.3) is 0 Å². The molecule has 2 aliphatic rings. The van der Waals surface area contributed by atoms with Gasteiger partial charge in [-0.05, 0) is 42.7 Å². The Morgan fingerprint density at radius 1 is 1.21 bits per heavy atom. The molecule has 1 fully saturated rings. The van der Waals surface area contributed by atoms with Crippen LogP contribution >= 0.6 is 24.0 Å². The maximum Gasteiger partial charge on any atom is 0.250 e. The van der Waals surface area contributed by atoms with Gasteiger partial charge in [0.15, 0.2) is 0 Å². The predicted octanol–water partition coefficient (Wildman–Crippen LogP) is 2.93. The summed E-state index contributed by atoms with van der Waals surface area (Å²) in [7, 11) is 1.61. The lowest BCUT2D eigenvalue weighted by Crippen LogP contribution is -2.48. The summed E-state index contributed by atoms with van der Waals surface area (Å²) in [5, 5.41) is 2.88. The SMILES string of the molecule is COc1ccc(NC(=O)CSC(=S)N2CC3CC(C2)c2cccc(=O)n2C3)cc1. The number of ether oxygens (including phenoxy) is 1. The number of piperidine rings is 1. The van der Waals surface area contributed by atoms with Crippen molar-refractivity contribution in [2.45, 2.75) is 18.9 Å². The smallest absolute Gasteiger partial charge is 0.250 e. The van der Waals surface area contributed by atoms with Crippen molar-refractivity contribution in [2.24, 2.45) is 5.92 Å². The first-order chi connectivity index (χ1) is 14.0. The third kappa shape index (κ3) is 4.48. The highest BCUT2D eigenvalue weighted by Gasteiger charge is 2.35. The molecule has 1 aromatic heterocycles. The van der Waals surface area contributed by atoms with Gasteiger partial charge in [-0.2, -0.15) is 0 Å². The van der Waals surface area contributed by atoms with Gasteiger partial charge in [0, 0.05) is 43.0 Å². The van der Waals surface area contributed by atoms with E-state index in [4.69, 9.17) is 17.0 Å². The van der Waals surface area contributed by atoms with E-state index in [9.17, 15) is 9.59 Å². The summed E-state index contributed by atoms with van der Waals surface area (Å²) in [6.45, 7) is 2.38. The number of benzene rings is 1. The number of anilines is 1. The Hall–Kier alpha value is -2.32. The lowest BCUT2D eigenvalue weighted by atomic mass is 9.83. The maximum absolute atomic E-state index is 12.3. The predicted molar refractivity (Wildman–Crippen MR) is 120 cm³/mol. The van der Waals surface area contributed by atoms with Crippen molar-refractivity contribution in [1.29, 1.82) is 0 Å². The number of amides is 1. The van der Waals surface area contributed by atoms with E-state index in [1.807, 2.05) is 41.0 Å². The second-order valence-corrected chi connectivity index (χ2v) is 9.04.